The van der Waals surface area contributed by atoms with Gasteiger partial charge in [0, 0.05) is 37.4 Å². The zero-order valence-corrected chi connectivity index (χ0v) is 19.5. The number of furan rings is 1. The molecule has 1 atom stereocenters. The molecule has 172 valence electrons. The van der Waals surface area contributed by atoms with Gasteiger partial charge in [-0.3, -0.25) is 14.5 Å². The van der Waals surface area contributed by atoms with Gasteiger partial charge in [-0.05, 0) is 69.0 Å². The summed E-state index contributed by atoms with van der Waals surface area (Å²) in [6.07, 6.45) is 2.41. The van der Waals surface area contributed by atoms with Gasteiger partial charge >= 0.3 is 0 Å². The maximum Gasteiger partial charge on any atom is 0.289 e. The molecule has 0 bridgehead atoms. The van der Waals surface area contributed by atoms with E-state index in [1.807, 2.05) is 24.0 Å². The van der Waals surface area contributed by atoms with E-state index in [0.29, 0.717) is 51.0 Å². The number of amides is 2. The molecule has 7 nitrogen and oxygen atoms in total. The van der Waals surface area contributed by atoms with E-state index in [1.54, 1.807) is 17.0 Å². The van der Waals surface area contributed by atoms with Crippen LogP contribution < -0.4 is 9.64 Å². The Bertz CT molecular complexity index is 962. The fourth-order valence-electron chi connectivity index (χ4n) is 5.06. The second-order valence-electron chi connectivity index (χ2n) is 9.35. The lowest BCUT2D eigenvalue weighted by Gasteiger charge is -2.47. The van der Waals surface area contributed by atoms with Crippen molar-refractivity contribution in [2.75, 3.05) is 44.2 Å². The number of rotatable bonds is 5. The smallest absolute Gasteiger partial charge is 0.289 e. The van der Waals surface area contributed by atoms with E-state index in [9.17, 15) is 9.59 Å². The number of fused-ring (bicyclic) bond motifs is 1. The second-order valence-corrected chi connectivity index (χ2v) is 9.35. The van der Waals surface area contributed by atoms with Gasteiger partial charge in [-0.1, -0.05) is 6.92 Å². The quantitative estimate of drug-likeness (QED) is 0.710. The summed E-state index contributed by atoms with van der Waals surface area (Å²) in [5.41, 5.74) is 1.87. The minimum absolute atomic E-state index is 0.0915. The van der Waals surface area contributed by atoms with Crippen LogP contribution in [-0.4, -0.2) is 66.5 Å². The van der Waals surface area contributed by atoms with Crippen molar-refractivity contribution in [1.82, 2.24) is 9.80 Å². The van der Waals surface area contributed by atoms with Gasteiger partial charge in [0.2, 0.25) is 5.91 Å². The third-order valence-electron chi connectivity index (χ3n) is 6.49. The first-order valence-electron chi connectivity index (χ1n) is 11.4. The molecule has 1 saturated heterocycles. The van der Waals surface area contributed by atoms with Crippen LogP contribution in [0.1, 0.15) is 56.2 Å². The lowest BCUT2D eigenvalue weighted by molar-refractivity contribution is -0.121. The van der Waals surface area contributed by atoms with Gasteiger partial charge in [0.1, 0.15) is 5.75 Å². The summed E-state index contributed by atoms with van der Waals surface area (Å²) >= 11 is 0. The van der Waals surface area contributed by atoms with Crippen LogP contribution in [0.3, 0.4) is 0 Å². The number of anilines is 1. The van der Waals surface area contributed by atoms with Gasteiger partial charge in [-0.25, -0.2) is 0 Å². The molecule has 0 aliphatic carbocycles. The normalized spacial score (nSPS) is 20.7. The van der Waals surface area contributed by atoms with Gasteiger partial charge in [-0.2, -0.15) is 0 Å². The van der Waals surface area contributed by atoms with Gasteiger partial charge in [0.05, 0.1) is 19.4 Å². The highest BCUT2D eigenvalue weighted by Gasteiger charge is 2.40. The van der Waals surface area contributed by atoms with Crippen LogP contribution >= 0.6 is 0 Å². The van der Waals surface area contributed by atoms with E-state index in [-0.39, 0.29) is 17.4 Å². The monoisotopic (exact) mass is 439 g/mol. The van der Waals surface area contributed by atoms with Crippen molar-refractivity contribution in [3.05, 3.63) is 47.9 Å². The Hall–Kier alpha value is -2.80. The average Bonchev–Trinajstić information content (AvgIpc) is 3.29. The molecule has 32 heavy (non-hydrogen) atoms. The molecule has 1 aromatic carbocycles. The van der Waals surface area contributed by atoms with Crippen LogP contribution in [0.4, 0.5) is 5.69 Å². The molecule has 0 saturated carbocycles. The van der Waals surface area contributed by atoms with Crippen molar-refractivity contribution >= 4 is 17.5 Å². The number of hydrogen-bond donors (Lipinski definition) is 0. The number of nitrogens with zero attached hydrogens (tertiary/aromatic N) is 3. The standard InChI is InChI=1S/C25H33N3O4/c1-5-31-19-8-9-21-20(15-19)18(2)16-25(3,4)28(21)23(29)17-26-10-12-27(13-11-26)24(30)22-7-6-14-32-22/h6-9,14-15,18H,5,10-13,16-17H2,1-4H3/t18-/m0/s1. The fraction of sp³-hybridized carbons (Fsp3) is 0.520. The SMILES string of the molecule is CCOc1ccc2c(c1)[C@@H](C)CC(C)(C)N2C(=O)CN1CCN(C(=O)c2ccco2)CC1. The lowest BCUT2D eigenvalue weighted by Crippen LogP contribution is -2.56. The molecule has 0 spiro atoms. The van der Waals surface area contributed by atoms with Crippen LogP contribution in [-0.2, 0) is 4.79 Å². The maximum atomic E-state index is 13.5. The molecular formula is C25H33N3O4. The minimum atomic E-state index is -0.270. The first kappa shape index (κ1) is 22.4. The molecule has 2 aromatic rings. The minimum Gasteiger partial charge on any atom is -0.494 e. The third kappa shape index (κ3) is 4.39. The van der Waals surface area contributed by atoms with Crippen LogP contribution in [0.25, 0.3) is 0 Å². The summed E-state index contributed by atoms with van der Waals surface area (Å²) in [6.45, 7) is 11.9. The number of carbonyl (C=O) groups excluding carboxylic acids is 2. The number of ether oxygens (including phenoxy) is 1. The number of hydrogen-bond acceptors (Lipinski definition) is 5. The van der Waals surface area contributed by atoms with Gasteiger partial charge in [0.25, 0.3) is 5.91 Å². The van der Waals surface area contributed by atoms with Crippen molar-refractivity contribution in [1.29, 1.82) is 0 Å². The van der Waals surface area contributed by atoms with Crippen molar-refractivity contribution in [3.63, 3.8) is 0 Å². The van der Waals surface area contributed by atoms with Crippen LogP contribution in [0.15, 0.2) is 41.0 Å². The number of carbonyl (C=O) groups is 2. The molecule has 3 heterocycles. The Labute approximate surface area is 189 Å². The maximum absolute atomic E-state index is 13.5. The highest BCUT2D eigenvalue weighted by atomic mass is 16.5. The zero-order valence-electron chi connectivity index (χ0n) is 19.5. The summed E-state index contributed by atoms with van der Waals surface area (Å²) in [6, 6.07) is 9.47. The predicted octanol–water partition coefficient (Wildman–Crippen LogP) is 3.76. The third-order valence-corrected chi connectivity index (χ3v) is 6.49. The highest BCUT2D eigenvalue weighted by Crippen LogP contribution is 2.44. The van der Waals surface area contributed by atoms with Crippen molar-refractivity contribution in [2.45, 2.75) is 45.6 Å². The van der Waals surface area contributed by atoms with E-state index in [1.165, 1.54) is 6.26 Å². The van der Waals surface area contributed by atoms with E-state index in [0.717, 1.165) is 23.4 Å². The Morgan fingerprint density at radius 2 is 1.91 bits per heavy atom. The Balaban J connectivity index is 1.45. The van der Waals surface area contributed by atoms with E-state index >= 15 is 0 Å². The molecule has 0 unspecified atom stereocenters. The largest absolute Gasteiger partial charge is 0.494 e. The predicted molar refractivity (Wildman–Crippen MR) is 123 cm³/mol. The van der Waals surface area contributed by atoms with Gasteiger partial charge < -0.3 is 19.0 Å². The van der Waals surface area contributed by atoms with Crippen molar-refractivity contribution in [2.24, 2.45) is 0 Å². The summed E-state index contributed by atoms with van der Waals surface area (Å²) in [5.74, 6) is 1.56. The summed E-state index contributed by atoms with van der Waals surface area (Å²) in [4.78, 5) is 31.9. The van der Waals surface area contributed by atoms with Crippen LogP contribution in [0, 0.1) is 0 Å². The number of benzene rings is 1. The zero-order chi connectivity index (χ0) is 22.9. The summed E-state index contributed by atoms with van der Waals surface area (Å²) in [5, 5.41) is 0. The summed E-state index contributed by atoms with van der Waals surface area (Å²) < 4.78 is 10.9. The average molecular weight is 440 g/mol. The molecular weight excluding hydrogens is 406 g/mol. The molecule has 2 amide bonds. The van der Waals surface area contributed by atoms with E-state index in [2.05, 4.69) is 31.7 Å². The lowest BCUT2D eigenvalue weighted by atomic mass is 9.80. The van der Waals surface area contributed by atoms with Crippen LogP contribution in [0.2, 0.25) is 0 Å². The molecule has 2 aliphatic rings. The number of piperazine rings is 1. The van der Waals surface area contributed by atoms with E-state index in [4.69, 9.17) is 9.15 Å². The molecule has 2 aliphatic heterocycles. The van der Waals surface area contributed by atoms with E-state index < -0.39 is 0 Å². The Morgan fingerprint density at radius 3 is 2.56 bits per heavy atom. The first-order valence-corrected chi connectivity index (χ1v) is 11.4. The fourth-order valence-corrected chi connectivity index (χ4v) is 5.06. The molecule has 7 heteroatoms. The summed E-state index contributed by atoms with van der Waals surface area (Å²) in [7, 11) is 0. The molecule has 4 rings (SSSR count). The van der Waals surface area contributed by atoms with Gasteiger partial charge in [-0.15, -0.1) is 0 Å². The van der Waals surface area contributed by atoms with Crippen molar-refractivity contribution < 1.29 is 18.7 Å². The van der Waals surface area contributed by atoms with Crippen molar-refractivity contribution in [3.8, 4) is 5.75 Å². The first-order chi connectivity index (χ1) is 15.3. The Kier molecular flexibility index (Phi) is 6.29. The Morgan fingerprint density at radius 1 is 1.16 bits per heavy atom. The highest BCUT2D eigenvalue weighted by molar-refractivity contribution is 5.97. The van der Waals surface area contributed by atoms with Gasteiger partial charge in [0.15, 0.2) is 5.76 Å². The van der Waals surface area contributed by atoms with Crippen LogP contribution in [0.5, 0.6) is 5.75 Å². The molecule has 1 fully saturated rings. The molecule has 0 radical (unpaired) electrons. The molecule has 1 aromatic heterocycles. The topological polar surface area (TPSA) is 66.2 Å². The molecule has 0 N–H and O–H groups in total. The second kappa shape index (κ2) is 8.98.